The molecule has 104 valence electrons. The van der Waals surface area contributed by atoms with Gasteiger partial charge in [0.2, 0.25) is 0 Å². The molecule has 2 saturated heterocycles. The second-order valence-corrected chi connectivity index (χ2v) is 5.25. The van der Waals surface area contributed by atoms with Gasteiger partial charge in [-0.2, -0.15) is 5.26 Å². The Morgan fingerprint density at radius 2 is 2.16 bits per heavy atom. The summed E-state index contributed by atoms with van der Waals surface area (Å²) in [5.74, 6) is -0.875. The number of carboxylic acid groups (broad SMARTS) is 1. The van der Waals surface area contributed by atoms with Crippen molar-refractivity contribution in [2.75, 3.05) is 32.8 Å². The number of ether oxygens (including phenoxy) is 1. The molecule has 2 unspecified atom stereocenters. The van der Waals surface area contributed by atoms with Crippen molar-refractivity contribution in [2.45, 2.75) is 19.4 Å². The lowest BCUT2D eigenvalue weighted by Crippen LogP contribution is -2.50. The van der Waals surface area contributed by atoms with Crippen molar-refractivity contribution in [3.8, 4) is 6.07 Å². The Kier molecular flexibility index (Phi) is 3.62. The Bertz CT molecular complexity index is 433. The van der Waals surface area contributed by atoms with Crippen molar-refractivity contribution in [3.63, 3.8) is 0 Å². The molecule has 7 nitrogen and oxygen atoms in total. The molecule has 2 heterocycles. The van der Waals surface area contributed by atoms with Gasteiger partial charge in [-0.05, 0) is 13.3 Å². The molecule has 0 saturated carbocycles. The van der Waals surface area contributed by atoms with Crippen LogP contribution in [0.25, 0.3) is 0 Å². The van der Waals surface area contributed by atoms with Crippen LogP contribution in [0.15, 0.2) is 0 Å². The van der Waals surface area contributed by atoms with Gasteiger partial charge in [-0.3, -0.25) is 4.79 Å². The highest BCUT2D eigenvalue weighted by Crippen LogP contribution is 2.30. The zero-order chi connectivity index (χ0) is 14.0. The largest absolute Gasteiger partial charge is 0.481 e. The topological polar surface area (TPSA) is 93.9 Å². The van der Waals surface area contributed by atoms with Gasteiger partial charge in [-0.1, -0.05) is 0 Å². The first kappa shape index (κ1) is 13.6. The molecule has 1 N–H and O–H groups in total. The van der Waals surface area contributed by atoms with E-state index < -0.39 is 17.5 Å². The third-order valence-electron chi connectivity index (χ3n) is 3.74. The van der Waals surface area contributed by atoms with E-state index in [4.69, 9.17) is 15.1 Å². The monoisotopic (exact) mass is 267 g/mol. The average molecular weight is 267 g/mol. The summed E-state index contributed by atoms with van der Waals surface area (Å²) >= 11 is 0. The SMILES string of the molecule is CC1(C(=O)O)CCN(C(=O)N2CCOC(C#N)C2)C1. The molecule has 0 aromatic heterocycles. The lowest BCUT2D eigenvalue weighted by Gasteiger charge is -2.33. The molecule has 0 spiro atoms. The van der Waals surface area contributed by atoms with Gasteiger partial charge in [0.25, 0.3) is 0 Å². The number of urea groups is 1. The molecule has 7 heteroatoms. The fraction of sp³-hybridized carbons (Fsp3) is 0.750. The van der Waals surface area contributed by atoms with Gasteiger partial charge in [0.05, 0.1) is 24.6 Å². The van der Waals surface area contributed by atoms with E-state index in [0.717, 1.165) is 0 Å². The first-order chi connectivity index (χ1) is 8.96. The normalized spacial score (nSPS) is 31.1. The van der Waals surface area contributed by atoms with E-state index in [2.05, 4.69) is 0 Å². The Balaban J connectivity index is 1.98. The summed E-state index contributed by atoms with van der Waals surface area (Å²) in [5, 5.41) is 18.0. The summed E-state index contributed by atoms with van der Waals surface area (Å²) in [6.07, 6.45) is -0.133. The molecule has 19 heavy (non-hydrogen) atoms. The van der Waals surface area contributed by atoms with E-state index in [-0.39, 0.29) is 19.1 Å². The molecule has 2 aliphatic rings. The number of carboxylic acids is 1. The first-order valence-electron chi connectivity index (χ1n) is 6.25. The number of nitrogens with zero attached hydrogens (tertiary/aromatic N) is 3. The average Bonchev–Trinajstić information content (AvgIpc) is 2.82. The number of rotatable bonds is 1. The van der Waals surface area contributed by atoms with Crippen LogP contribution < -0.4 is 0 Å². The van der Waals surface area contributed by atoms with Crippen LogP contribution in [0.1, 0.15) is 13.3 Å². The summed E-state index contributed by atoms with van der Waals surface area (Å²) in [6, 6.07) is 1.78. The van der Waals surface area contributed by atoms with Crippen molar-refractivity contribution >= 4 is 12.0 Å². The third kappa shape index (κ3) is 2.63. The highest BCUT2D eigenvalue weighted by Gasteiger charge is 2.43. The van der Waals surface area contributed by atoms with Crippen LogP contribution >= 0.6 is 0 Å². The van der Waals surface area contributed by atoms with Gasteiger partial charge in [-0.15, -0.1) is 0 Å². The molecule has 2 amide bonds. The number of hydrogen-bond acceptors (Lipinski definition) is 4. The highest BCUT2D eigenvalue weighted by atomic mass is 16.5. The summed E-state index contributed by atoms with van der Waals surface area (Å²) in [6.45, 7) is 3.34. The zero-order valence-electron chi connectivity index (χ0n) is 10.8. The number of carbonyl (C=O) groups excluding carboxylic acids is 1. The molecular weight excluding hydrogens is 250 g/mol. The smallest absolute Gasteiger partial charge is 0.320 e. The molecule has 0 aromatic rings. The summed E-state index contributed by atoms with van der Waals surface area (Å²) in [5.41, 5.74) is -0.865. The van der Waals surface area contributed by atoms with Crippen molar-refractivity contribution in [1.29, 1.82) is 5.26 Å². The van der Waals surface area contributed by atoms with Crippen molar-refractivity contribution in [2.24, 2.45) is 5.41 Å². The lowest BCUT2D eigenvalue weighted by atomic mass is 9.90. The molecule has 2 atom stereocenters. The second kappa shape index (κ2) is 5.05. The maximum Gasteiger partial charge on any atom is 0.320 e. The quantitative estimate of drug-likeness (QED) is 0.728. The molecule has 2 fully saturated rings. The van der Waals surface area contributed by atoms with Crippen LogP contribution in [0, 0.1) is 16.7 Å². The van der Waals surface area contributed by atoms with Crippen LogP contribution in [0.5, 0.6) is 0 Å². The first-order valence-corrected chi connectivity index (χ1v) is 6.25. The molecule has 2 aliphatic heterocycles. The minimum atomic E-state index is -0.875. The molecular formula is C12H17N3O4. The number of nitriles is 1. The lowest BCUT2D eigenvalue weighted by molar-refractivity contribution is -0.147. The van der Waals surface area contributed by atoms with E-state index in [1.807, 2.05) is 6.07 Å². The maximum atomic E-state index is 12.3. The molecule has 0 radical (unpaired) electrons. The molecule has 0 aliphatic carbocycles. The van der Waals surface area contributed by atoms with Crippen molar-refractivity contribution in [1.82, 2.24) is 9.80 Å². The van der Waals surface area contributed by atoms with Gasteiger partial charge in [0.15, 0.2) is 6.10 Å². The Hall–Kier alpha value is -1.81. The number of aliphatic carboxylic acids is 1. The summed E-state index contributed by atoms with van der Waals surface area (Å²) < 4.78 is 5.18. The predicted octanol–water partition coefficient (Wildman–Crippen LogP) is 0.127. The number of morpholine rings is 1. The van der Waals surface area contributed by atoms with Crippen molar-refractivity contribution in [3.05, 3.63) is 0 Å². The number of hydrogen-bond donors (Lipinski definition) is 1. The number of amides is 2. The maximum absolute atomic E-state index is 12.3. The van der Waals surface area contributed by atoms with E-state index in [9.17, 15) is 9.59 Å². The van der Waals surface area contributed by atoms with Crippen molar-refractivity contribution < 1.29 is 19.4 Å². The summed E-state index contributed by atoms with van der Waals surface area (Å²) in [7, 11) is 0. The van der Waals surface area contributed by atoms with E-state index in [1.165, 1.54) is 0 Å². The Morgan fingerprint density at radius 1 is 1.42 bits per heavy atom. The molecule has 0 aromatic carbocycles. The fourth-order valence-electron chi connectivity index (χ4n) is 2.40. The third-order valence-corrected chi connectivity index (χ3v) is 3.74. The van der Waals surface area contributed by atoms with Gasteiger partial charge in [-0.25, -0.2) is 4.79 Å². The van der Waals surface area contributed by atoms with Crippen LogP contribution in [0.3, 0.4) is 0 Å². The Labute approximate surface area is 111 Å². The minimum Gasteiger partial charge on any atom is -0.481 e. The van der Waals surface area contributed by atoms with Crippen LogP contribution in [0.4, 0.5) is 4.79 Å². The number of carbonyl (C=O) groups is 2. The zero-order valence-corrected chi connectivity index (χ0v) is 10.8. The van der Waals surface area contributed by atoms with E-state index in [1.54, 1.807) is 16.7 Å². The highest BCUT2D eigenvalue weighted by molar-refractivity contribution is 5.79. The second-order valence-electron chi connectivity index (χ2n) is 5.25. The Morgan fingerprint density at radius 3 is 2.74 bits per heavy atom. The minimum absolute atomic E-state index is 0.200. The number of likely N-dealkylation sites (tertiary alicyclic amines) is 1. The standard InChI is InChI=1S/C12H17N3O4/c1-12(10(16)17)2-3-15(8-12)11(18)14-4-5-19-9(6-13)7-14/h9H,2-5,7-8H2,1H3,(H,16,17). The van der Waals surface area contributed by atoms with Gasteiger partial charge < -0.3 is 19.6 Å². The molecule has 0 bridgehead atoms. The fourth-order valence-corrected chi connectivity index (χ4v) is 2.40. The summed E-state index contributed by atoms with van der Waals surface area (Å²) in [4.78, 5) is 26.5. The van der Waals surface area contributed by atoms with Gasteiger partial charge in [0, 0.05) is 19.6 Å². The predicted molar refractivity (Wildman–Crippen MR) is 64.3 cm³/mol. The van der Waals surface area contributed by atoms with Crippen LogP contribution in [0.2, 0.25) is 0 Å². The van der Waals surface area contributed by atoms with E-state index >= 15 is 0 Å². The van der Waals surface area contributed by atoms with Gasteiger partial charge >= 0.3 is 12.0 Å². The van der Waals surface area contributed by atoms with E-state index in [0.29, 0.717) is 26.1 Å². The van der Waals surface area contributed by atoms with Crippen LogP contribution in [-0.2, 0) is 9.53 Å². The van der Waals surface area contributed by atoms with Gasteiger partial charge in [0.1, 0.15) is 0 Å². The van der Waals surface area contributed by atoms with Crippen LogP contribution in [-0.4, -0.2) is 65.8 Å². The molecule has 2 rings (SSSR count).